The predicted octanol–water partition coefficient (Wildman–Crippen LogP) is 4.01. The lowest BCUT2D eigenvalue weighted by Gasteiger charge is -2.21. The number of hydrogen-bond acceptors (Lipinski definition) is 3. The SMILES string of the molecule is Cl.Cl.O=C(Nc1ccc(-c2nc3ccccc3[nH]2)cc1)C1CCCNC1. The maximum atomic E-state index is 12.3. The van der Waals surface area contributed by atoms with Crippen molar-refractivity contribution in [2.75, 3.05) is 18.4 Å². The summed E-state index contributed by atoms with van der Waals surface area (Å²) in [6.07, 6.45) is 2.01. The molecule has 0 bridgehead atoms. The van der Waals surface area contributed by atoms with Gasteiger partial charge in [0.25, 0.3) is 0 Å². The molecule has 1 fully saturated rings. The lowest BCUT2D eigenvalue weighted by molar-refractivity contribution is -0.120. The van der Waals surface area contributed by atoms with E-state index in [0.29, 0.717) is 0 Å². The third-order valence-corrected chi connectivity index (χ3v) is 4.48. The van der Waals surface area contributed by atoms with E-state index in [9.17, 15) is 4.79 Å². The van der Waals surface area contributed by atoms with Crippen LogP contribution >= 0.6 is 24.8 Å². The number of aromatic amines is 1. The highest BCUT2D eigenvalue weighted by molar-refractivity contribution is 5.93. The molecule has 0 radical (unpaired) electrons. The van der Waals surface area contributed by atoms with Crippen LogP contribution < -0.4 is 10.6 Å². The van der Waals surface area contributed by atoms with Crippen LogP contribution in [-0.2, 0) is 4.79 Å². The molecule has 7 heteroatoms. The minimum atomic E-state index is 0. The molecule has 3 N–H and O–H groups in total. The zero-order valence-corrected chi connectivity index (χ0v) is 15.8. The van der Waals surface area contributed by atoms with E-state index in [2.05, 4.69) is 20.6 Å². The van der Waals surface area contributed by atoms with Crippen LogP contribution in [0.1, 0.15) is 12.8 Å². The normalized spacial score (nSPS) is 16.4. The fourth-order valence-electron chi connectivity index (χ4n) is 3.12. The number of halogens is 2. The van der Waals surface area contributed by atoms with Gasteiger partial charge in [-0.05, 0) is 55.8 Å². The molecule has 26 heavy (non-hydrogen) atoms. The number of hydrogen-bond donors (Lipinski definition) is 3. The number of amides is 1. The van der Waals surface area contributed by atoms with Gasteiger partial charge in [-0.25, -0.2) is 4.98 Å². The lowest BCUT2D eigenvalue weighted by atomic mass is 9.99. The van der Waals surface area contributed by atoms with Gasteiger partial charge in [0.05, 0.1) is 17.0 Å². The molecular weight excluding hydrogens is 371 g/mol. The number of benzene rings is 2. The van der Waals surface area contributed by atoms with Gasteiger partial charge in [0.2, 0.25) is 5.91 Å². The van der Waals surface area contributed by atoms with Gasteiger partial charge in [0.1, 0.15) is 5.82 Å². The van der Waals surface area contributed by atoms with E-state index < -0.39 is 0 Å². The zero-order valence-electron chi connectivity index (χ0n) is 14.2. The first kappa shape index (κ1) is 20.2. The molecular formula is C19H22Cl2N4O. The van der Waals surface area contributed by atoms with E-state index in [1.807, 2.05) is 48.5 Å². The number of H-pyrrole nitrogens is 1. The second-order valence-electron chi connectivity index (χ2n) is 6.21. The first-order valence-electron chi connectivity index (χ1n) is 8.36. The van der Waals surface area contributed by atoms with Crippen molar-refractivity contribution in [1.29, 1.82) is 0 Å². The van der Waals surface area contributed by atoms with Crippen molar-refractivity contribution in [1.82, 2.24) is 15.3 Å². The monoisotopic (exact) mass is 392 g/mol. The van der Waals surface area contributed by atoms with Crippen LogP contribution in [0.3, 0.4) is 0 Å². The Kier molecular flexibility index (Phi) is 7.03. The Balaban J connectivity index is 0.00000121. The Hall–Kier alpha value is -2.08. The van der Waals surface area contributed by atoms with Crippen molar-refractivity contribution in [3.63, 3.8) is 0 Å². The van der Waals surface area contributed by atoms with Gasteiger partial charge in [0.15, 0.2) is 0 Å². The molecule has 4 rings (SSSR count). The van der Waals surface area contributed by atoms with Gasteiger partial charge in [-0.3, -0.25) is 4.79 Å². The van der Waals surface area contributed by atoms with Crippen LogP contribution in [-0.4, -0.2) is 29.0 Å². The molecule has 0 spiro atoms. The van der Waals surface area contributed by atoms with Gasteiger partial charge in [-0.1, -0.05) is 12.1 Å². The summed E-state index contributed by atoms with van der Waals surface area (Å²) in [5.41, 5.74) is 3.80. The average Bonchev–Trinajstić information content (AvgIpc) is 3.07. The number of carbonyl (C=O) groups is 1. The van der Waals surface area contributed by atoms with Crippen LogP contribution in [0, 0.1) is 5.92 Å². The molecule has 1 aromatic heterocycles. The van der Waals surface area contributed by atoms with Gasteiger partial charge in [0, 0.05) is 17.8 Å². The average molecular weight is 393 g/mol. The smallest absolute Gasteiger partial charge is 0.228 e. The number of nitrogens with zero attached hydrogens (tertiary/aromatic N) is 1. The van der Waals surface area contributed by atoms with Crippen molar-refractivity contribution >= 4 is 47.4 Å². The number of para-hydroxylation sites is 2. The number of piperidine rings is 1. The van der Waals surface area contributed by atoms with Crippen molar-refractivity contribution in [2.24, 2.45) is 5.92 Å². The quantitative estimate of drug-likeness (QED) is 0.630. The Morgan fingerprint density at radius 3 is 2.54 bits per heavy atom. The van der Waals surface area contributed by atoms with E-state index in [1.165, 1.54) is 0 Å². The summed E-state index contributed by atoms with van der Waals surface area (Å²) in [7, 11) is 0. The first-order valence-corrected chi connectivity index (χ1v) is 8.36. The van der Waals surface area contributed by atoms with Crippen molar-refractivity contribution in [3.8, 4) is 11.4 Å². The molecule has 2 aromatic carbocycles. The van der Waals surface area contributed by atoms with Gasteiger partial charge < -0.3 is 15.6 Å². The summed E-state index contributed by atoms with van der Waals surface area (Å²) in [5, 5.41) is 6.28. The Morgan fingerprint density at radius 2 is 1.85 bits per heavy atom. The number of anilines is 1. The van der Waals surface area contributed by atoms with E-state index in [0.717, 1.165) is 54.0 Å². The molecule has 1 aliphatic heterocycles. The fraction of sp³-hybridized carbons (Fsp3) is 0.263. The van der Waals surface area contributed by atoms with Gasteiger partial charge in [-0.2, -0.15) is 0 Å². The number of rotatable bonds is 3. The molecule has 2 heterocycles. The summed E-state index contributed by atoms with van der Waals surface area (Å²) < 4.78 is 0. The number of imidazole rings is 1. The second-order valence-corrected chi connectivity index (χ2v) is 6.21. The maximum absolute atomic E-state index is 12.3. The Bertz CT molecular complexity index is 824. The third-order valence-electron chi connectivity index (χ3n) is 4.48. The molecule has 1 aliphatic rings. The predicted molar refractivity (Wildman–Crippen MR) is 110 cm³/mol. The minimum absolute atomic E-state index is 0. The second kappa shape index (κ2) is 9.03. The first-order chi connectivity index (χ1) is 11.8. The topological polar surface area (TPSA) is 69.8 Å². The summed E-state index contributed by atoms with van der Waals surface area (Å²) in [6, 6.07) is 15.8. The van der Waals surface area contributed by atoms with Gasteiger partial charge >= 0.3 is 0 Å². The van der Waals surface area contributed by atoms with E-state index in [4.69, 9.17) is 0 Å². The van der Waals surface area contributed by atoms with Crippen LogP contribution in [0.25, 0.3) is 22.4 Å². The van der Waals surface area contributed by atoms with Gasteiger partial charge in [-0.15, -0.1) is 24.8 Å². The highest BCUT2D eigenvalue weighted by Gasteiger charge is 2.20. The zero-order chi connectivity index (χ0) is 16.4. The molecule has 1 atom stereocenters. The van der Waals surface area contributed by atoms with Crippen molar-refractivity contribution in [3.05, 3.63) is 48.5 Å². The Morgan fingerprint density at radius 1 is 1.08 bits per heavy atom. The molecule has 0 saturated carbocycles. The largest absolute Gasteiger partial charge is 0.338 e. The fourth-order valence-corrected chi connectivity index (χ4v) is 3.12. The highest BCUT2D eigenvalue weighted by atomic mass is 35.5. The summed E-state index contributed by atoms with van der Waals surface area (Å²) in [5.74, 6) is 0.998. The summed E-state index contributed by atoms with van der Waals surface area (Å²) in [6.45, 7) is 1.78. The molecule has 1 unspecified atom stereocenters. The number of carbonyl (C=O) groups excluding carboxylic acids is 1. The molecule has 3 aromatic rings. The minimum Gasteiger partial charge on any atom is -0.338 e. The lowest BCUT2D eigenvalue weighted by Crippen LogP contribution is -2.37. The van der Waals surface area contributed by atoms with E-state index in [1.54, 1.807) is 0 Å². The maximum Gasteiger partial charge on any atom is 0.228 e. The molecule has 5 nitrogen and oxygen atoms in total. The molecule has 1 saturated heterocycles. The highest BCUT2D eigenvalue weighted by Crippen LogP contribution is 2.22. The number of nitrogens with one attached hydrogen (secondary N) is 3. The van der Waals surface area contributed by atoms with Crippen molar-refractivity contribution in [2.45, 2.75) is 12.8 Å². The molecule has 138 valence electrons. The van der Waals surface area contributed by atoms with E-state index in [-0.39, 0.29) is 36.6 Å². The van der Waals surface area contributed by atoms with Crippen LogP contribution in [0.2, 0.25) is 0 Å². The Labute approximate surface area is 164 Å². The van der Waals surface area contributed by atoms with Crippen LogP contribution in [0.15, 0.2) is 48.5 Å². The number of fused-ring (bicyclic) bond motifs is 1. The third kappa shape index (κ3) is 4.36. The van der Waals surface area contributed by atoms with Crippen LogP contribution in [0.4, 0.5) is 5.69 Å². The summed E-state index contributed by atoms with van der Waals surface area (Å²) in [4.78, 5) is 20.2. The summed E-state index contributed by atoms with van der Waals surface area (Å²) >= 11 is 0. The molecule has 0 aliphatic carbocycles. The van der Waals surface area contributed by atoms with Crippen LogP contribution in [0.5, 0.6) is 0 Å². The number of aromatic nitrogens is 2. The standard InChI is InChI=1S/C19H20N4O.2ClH/c24-19(14-4-3-11-20-12-14)21-15-9-7-13(8-10-15)18-22-16-5-1-2-6-17(16)23-18;;/h1-2,5-10,14,20H,3-4,11-12H2,(H,21,24)(H,22,23);2*1H. The van der Waals surface area contributed by atoms with Crippen molar-refractivity contribution < 1.29 is 4.79 Å². The molecule has 1 amide bonds. The van der Waals surface area contributed by atoms with E-state index >= 15 is 0 Å².